The molecule has 1 N–H and O–H groups in total. The van der Waals surface area contributed by atoms with Gasteiger partial charge >= 0.3 is 12.1 Å². The van der Waals surface area contributed by atoms with Gasteiger partial charge in [-0.2, -0.15) is 0 Å². The summed E-state index contributed by atoms with van der Waals surface area (Å²) < 4.78 is 10.2. The van der Waals surface area contributed by atoms with E-state index in [-0.39, 0.29) is 6.61 Å². The van der Waals surface area contributed by atoms with Crippen molar-refractivity contribution in [3.05, 3.63) is 48.6 Å². The van der Waals surface area contributed by atoms with E-state index in [1.54, 1.807) is 20.8 Å². The number of ether oxygens (including phenoxy) is 2. The second-order valence-corrected chi connectivity index (χ2v) is 5.45. The van der Waals surface area contributed by atoms with Crippen LogP contribution in [0, 0.1) is 0 Å². The third-order valence-corrected chi connectivity index (χ3v) is 2.38. The first-order chi connectivity index (χ1) is 9.81. The van der Waals surface area contributed by atoms with Crippen LogP contribution >= 0.6 is 0 Å². The molecular formula is C16H21NO4. The van der Waals surface area contributed by atoms with Gasteiger partial charge in [-0.25, -0.2) is 9.59 Å². The summed E-state index contributed by atoms with van der Waals surface area (Å²) in [5.74, 6) is -0.575. The highest BCUT2D eigenvalue weighted by Crippen LogP contribution is 2.09. The van der Waals surface area contributed by atoms with Gasteiger partial charge in [-0.15, -0.1) is 6.58 Å². The molecule has 0 aliphatic carbocycles. The molecule has 1 rings (SSSR count). The molecule has 0 unspecified atom stereocenters. The molecular weight excluding hydrogens is 270 g/mol. The molecule has 1 atom stereocenters. The fraction of sp³-hybridized carbons (Fsp3) is 0.375. The highest BCUT2D eigenvalue weighted by molar-refractivity contribution is 5.83. The lowest BCUT2D eigenvalue weighted by atomic mass is 10.2. The number of carbonyl (C=O) groups excluding carboxylic acids is 2. The third kappa shape index (κ3) is 6.61. The largest absolute Gasteiger partial charge is 0.458 e. The molecule has 0 aromatic heterocycles. The Bertz CT molecular complexity index is 491. The van der Waals surface area contributed by atoms with Crippen LogP contribution in [0.5, 0.6) is 0 Å². The Hall–Kier alpha value is -2.30. The van der Waals surface area contributed by atoms with Crippen molar-refractivity contribution in [3.8, 4) is 0 Å². The molecule has 114 valence electrons. The molecule has 0 aliphatic heterocycles. The summed E-state index contributed by atoms with van der Waals surface area (Å²) in [5, 5.41) is 2.41. The summed E-state index contributed by atoms with van der Waals surface area (Å²) in [6, 6.07) is 8.32. The number of carbonyl (C=O) groups is 2. The Morgan fingerprint density at radius 3 is 2.43 bits per heavy atom. The minimum atomic E-state index is -0.938. The first-order valence-electron chi connectivity index (χ1n) is 6.64. The second kappa shape index (κ2) is 7.47. The zero-order chi connectivity index (χ0) is 15.9. The molecule has 0 aliphatic rings. The summed E-state index contributed by atoms with van der Waals surface area (Å²) in [6.45, 7) is 8.89. The quantitative estimate of drug-likeness (QED) is 0.669. The molecule has 0 spiro atoms. The Morgan fingerprint density at radius 2 is 1.90 bits per heavy atom. The molecule has 5 heteroatoms. The fourth-order valence-corrected chi connectivity index (χ4v) is 1.47. The number of hydrogen-bond donors (Lipinski definition) is 1. The van der Waals surface area contributed by atoms with Crippen LogP contribution < -0.4 is 5.32 Å². The van der Waals surface area contributed by atoms with Crippen LogP contribution in [0.25, 0.3) is 0 Å². The zero-order valence-corrected chi connectivity index (χ0v) is 12.6. The van der Waals surface area contributed by atoms with E-state index < -0.39 is 23.7 Å². The Balaban J connectivity index is 2.47. The van der Waals surface area contributed by atoms with Crippen molar-refractivity contribution in [2.75, 3.05) is 0 Å². The van der Waals surface area contributed by atoms with Crippen molar-refractivity contribution in [1.29, 1.82) is 0 Å². The molecule has 0 radical (unpaired) electrons. The number of alkyl carbamates (subject to hydrolysis) is 1. The maximum Gasteiger partial charge on any atom is 0.408 e. The number of hydrogen-bond acceptors (Lipinski definition) is 4. The number of amides is 1. The zero-order valence-electron chi connectivity index (χ0n) is 12.6. The predicted octanol–water partition coefficient (Wildman–Crippen LogP) is 2.81. The van der Waals surface area contributed by atoms with E-state index >= 15 is 0 Å². The predicted molar refractivity (Wildman–Crippen MR) is 79.6 cm³/mol. The van der Waals surface area contributed by atoms with Crippen LogP contribution in [0.3, 0.4) is 0 Å². The number of esters is 1. The van der Waals surface area contributed by atoms with Gasteiger partial charge in [-0.3, -0.25) is 0 Å². The van der Waals surface area contributed by atoms with Crippen molar-refractivity contribution >= 4 is 12.1 Å². The average Bonchev–Trinajstić information content (AvgIpc) is 2.41. The van der Waals surface area contributed by atoms with Crippen LogP contribution in [0.15, 0.2) is 43.0 Å². The van der Waals surface area contributed by atoms with Crippen molar-refractivity contribution in [3.63, 3.8) is 0 Å². The lowest BCUT2D eigenvalue weighted by molar-refractivity contribution is -0.155. The van der Waals surface area contributed by atoms with E-state index in [1.165, 1.54) is 6.08 Å². The van der Waals surface area contributed by atoms with E-state index in [4.69, 9.17) is 9.47 Å². The van der Waals surface area contributed by atoms with Gasteiger partial charge in [0.25, 0.3) is 0 Å². The first kappa shape index (κ1) is 16.8. The van der Waals surface area contributed by atoms with E-state index in [9.17, 15) is 9.59 Å². The number of rotatable bonds is 5. The molecule has 1 aromatic carbocycles. The highest BCUT2D eigenvalue weighted by atomic mass is 16.6. The molecule has 5 nitrogen and oxygen atoms in total. The molecule has 0 heterocycles. The van der Waals surface area contributed by atoms with E-state index in [2.05, 4.69) is 11.9 Å². The van der Waals surface area contributed by atoms with Gasteiger partial charge < -0.3 is 14.8 Å². The molecule has 0 bridgehead atoms. The summed E-state index contributed by atoms with van der Waals surface area (Å²) in [5.41, 5.74) is 0.230. The van der Waals surface area contributed by atoms with Crippen molar-refractivity contribution < 1.29 is 19.1 Å². The monoisotopic (exact) mass is 291 g/mol. The molecule has 0 saturated heterocycles. The van der Waals surface area contributed by atoms with Crippen LogP contribution in [0.2, 0.25) is 0 Å². The highest BCUT2D eigenvalue weighted by Gasteiger charge is 2.24. The maximum atomic E-state index is 11.8. The molecule has 1 aromatic rings. The van der Waals surface area contributed by atoms with E-state index in [0.29, 0.717) is 0 Å². The van der Waals surface area contributed by atoms with Crippen LogP contribution in [0.1, 0.15) is 26.3 Å². The van der Waals surface area contributed by atoms with Gasteiger partial charge in [0.15, 0.2) is 0 Å². The third-order valence-electron chi connectivity index (χ3n) is 2.38. The van der Waals surface area contributed by atoms with Crippen molar-refractivity contribution in [1.82, 2.24) is 5.32 Å². The summed E-state index contributed by atoms with van der Waals surface area (Å²) in [7, 11) is 0. The average molecular weight is 291 g/mol. The minimum absolute atomic E-state index is 0.130. The van der Waals surface area contributed by atoms with Crippen molar-refractivity contribution in [2.24, 2.45) is 0 Å². The topological polar surface area (TPSA) is 64.6 Å². The smallest absolute Gasteiger partial charge is 0.408 e. The number of nitrogens with one attached hydrogen (secondary N) is 1. The van der Waals surface area contributed by atoms with Gasteiger partial charge in [-0.05, 0) is 26.3 Å². The van der Waals surface area contributed by atoms with Crippen molar-refractivity contribution in [2.45, 2.75) is 39.0 Å². The Morgan fingerprint density at radius 1 is 1.29 bits per heavy atom. The van der Waals surface area contributed by atoms with Crippen LogP contribution in [0.4, 0.5) is 4.79 Å². The standard InChI is InChI=1S/C16H21NO4/c1-5-13(14(18)21-16(2,3)4)17-15(19)20-11-12-9-7-6-8-10-12/h5-10,13H,1,11H2,2-4H3,(H,17,19)/t13-/m0/s1. The first-order valence-corrected chi connectivity index (χ1v) is 6.64. The van der Waals surface area contributed by atoms with Crippen LogP contribution in [-0.4, -0.2) is 23.7 Å². The molecule has 0 fully saturated rings. The number of benzene rings is 1. The van der Waals surface area contributed by atoms with Gasteiger partial charge in [0.2, 0.25) is 0 Å². The van der Waals surface area contributed by atoms with Crippen LogP contribution in [-0.2, 0) is 20.9 Å². The van der Waals surface area contributed by atoms with E-state index in [1.807, 2.05) is 30.3 Å². The summed E-state index contributed by atoms with van der Waals surface area (Å²) in [4.78, 5) is 23.5. The Kier molecular flexibility index (Phi) is 5.96. The summed E-state index contributed by atoms with van der Waals surface area (Å²) >= 11 is 0. The summed E-state index contributed by atoms with van der Waals surface area (Å²) in [6.07, 6.45) is 0.604. The van der Waals surface area contributed by atoms with Gasteiger partial charge in [-0.1, -0.05) is 36.4 Å². The van der Waals surface area contributed by atoms with Gasteiger partial charge in [0.1, 0.15) is 18.2 Å². The van der Waals surface area contributed by atoms with E-state index in [0.717, 1.165) is 5.56 Å². The normalized spacial score (nSPS) is 12.1. The Labute approximate surface area is 124 Å². The van der Waals surface area contributed by atoms with Gasteiger partial charge in [0.05, 0.1) is 0 Å². The molecule has 1 amide bonds. The molecule has 0 saturated carbocycles. The minimum Gasteiger partial charge on any atom is -0.458 e. The van der Waals surface area contributed by atoms with Gasteiger partial charge in [0, 0.05) is 0 Å². The maximum absolute atomic E-state index is 11.8. The lowest BCUT2D eigenvalue weighted by Gasteiger charge is -2.22. The lowest BCUT2D eigenvalue weighted by Crippen LogP contribution is -2.43. The SMILES string of the molecule is C=C[C@H](NC(=O)OCc1ccccc1)C(=O)OC(C)(C)C. The fourth-order valence-electron chi connectivity index (χ4n) is 1.47. The second-order valence-electron chi connectivity index (χ2n) is 5.45. The molecule has 21 heavy (non-hydrogen) atoms.